The van der Waals surface area contributed by atoms with Crippen molar-refractivity contribution < 1.29 is 13.2 Å². The van der Waals surface area contributed by atoms with Crippen LogP contribution in [0, 0.1) is 40.8 Å². The van der Waals surface area contributed by atoms with E-state index in [9.17, 15) is 6.57 Å². The Morgan fingerprint density at radius 3 is 1.07 bits per heavy atom. The predicted molar refractivity (Wildman–Crippen MR) is 299 cm³/mol. The molecule has 7 heteroatoms. The minimum atomic E-state index is -4.84. The molecule has 74 heavy (non-hydrogen) atoms. The molecule has 2 aromatic heterocycles. The molecule has 0 aliphatic carbocycles. The molecule has 0 amide bonds. The number of hydrogen-bond donors (Lipinski definition) is 0. The minimum Gasteiger partial charge on any atom is -0.319 e. The normalized spacial score (nSPS) is 11.7. The zero-order valence-corrected chi connectivity index (χ0v) is 41.0. The van der Waals surface area contributed by atoms with Crippen LogP contribution in [0.15, 0.2) is 200 Å². The Labute approximate surface area is 427 Å². The van der Waals surface area contributed by atoms with Gasteiger partial charge in [0.1, 0.15) is 0 Å². The lowest BCUT2D eigenvalue weighted by molar-refractivity contribution is -0.137. The Hall–Kier alpha value is -9.43. The number of benzene rings is 10. The van der Waals surface area contributed by atoms with Gasteiger partial charge in [0.2, 0.25) is 5.69 Å². The van der Waals surface area contributed by atoms with Gasteiger partial charge in [0.25, 0.3) is 0 Å². The van der Waals surface area contributed by atoms with Crippen LogP contribution in [0.2, 0.25) is 0 Å². The van der Waals surface area contributed by atoms with Crippen LogP contribution in [-0.2, 0) is 6.18 Å². The number of fused-ring (bicyclic) bond motifs is 6. The second kappa shape index (κ2) is 17.7. The lowest BCUT2D eigenvalue weighted by Crippen LogP contribution is -2.09. The van der Waals surface area contributed by atoms with Gasteiger partial charge in [0, 0.05) is 27.1 Å². The Morgan fingerprint density at radius 1 is 0.378 bits per heavy atom. The number of alkyl halides is 3. The number of halogens is 3. The van der Waals surface area contributed by atoms with Crippen molar-refractivity contribution in [2.75, 3.05) is 0 Å². The molecule has 0 fully saturated rings. The first-order valence-corrected chi connectivity index (χ1v) is 24.4. The number of aromatic nitrogens is 2. The molecule has 0 saturated heterocycles. The van der Waals surface area contributed by atoms with Crippen LogP contribution in [0.1, 0.15) is 27.8 Å². The first-order valence-electron chi connectivity index (χ1n) is 24.4. The lowest BCUT2D eigenvalue weighted by Gasteiger charge is -2.23. The highest BCUT2D eigenvalue weighted by Crippen LogP contribution is 2.51. The van der Waals surface area contributed by atoms with Crippen LogP contribution >= 0.6 is 0 Å². The van der Waals surface area contributed by atoms with Gasteiger partial charge in [0.15, 0.2) is 5.69 Å². The van der Waals surface area contributed by atoms with Gasteiger partial charge in [-0.05, 0) is 108 Å². The van der Waals surface area contributed by atoms with Crippen LogP contribution in [-0.4, -0.2) is 9.13 Å². The standard InChI is InChI=1S/C67H45F3N4/c1-40-10-18-44(19-11-40)48-26-30-52-53-31-27-49(45-20-12-41(2)13-21-45)37-61(53)73(60(52)36-48)59-35-34-56(64-57(67(68,69)70)8-7-9-58(64)71-5)66(65(59)72-6)74-62-38-50(46-22-14-42(3)15-23-46)28-32-54(62)55-33-29-51(39-63(55)74)47-24-16-43(4)17-25-47/h7-39H,1-4H3. The second-order valence-corrected chi connectivity index (χ2v) is 19.3. The molecule has 2 heterocycles. The summed E-state index contributed by atoms with van der Waals surface area (Å²) >= 11 is 0. The van der Waals surface area contributed by atoms with E-state index in [0.29, 0.717) is 16.7 Å². The van der Waals surface area contributed by atoms with Gasteiger partial charge >= 0.3 is 6.18 Å². The summed E-state index contributed by atoms with van der Waals surface area (Å²) in [5, 5.41) is 3.62. The third-order valence-electron chi connectivity index (χ3n) is 14.5. The maximum atomic E-state index is 15.6. The Kier molecular flexibility index (Phi) is 10.9. The highest BCUT2D eigenvalue weighted by atomic mass is 19.4. The van der Waals surface area contributed by atoms with Crippen LogP contribution in [0.25, 0.3) is 120 Å². The van der Waals surface area contributed by atoms with Crippen molar-refractivity contribution in [2.45, 2.75) is 33.9 Å². The number of hydrogen-bond acceptors (Lipinski definition) is 0. The summed E-state index contributed by atoms with van der Waals surface area (Å²) in [5.41, 5.74) is 14.8. The molecule has 0 bridgehead atoms. The largest absolute Gasteiger partial charge is 0.415 e. The van der Waals surface area contributed by atoms with Crippen molar-refractivity contribution in [1.82, 2.24) is 9.13 Å². The van der Waals surface area contributed by atoms with E-state index < -0.39 is 11.7 Å². The van der Waals surface area contributed by atoms with E-state index in [-0.39, 0.29) is 28.2 Å². The first-order chi connectivity index (χ1) is 35.9. The molecule has 12 aromatic rings. The zero-order chi connectivity index (χ0) is 51.0. The van der Waals surface area contributed by atoms with Crippen molar-refractivity contribution in [3.05, 3.63) is 251 Å². The van der Waals surface area contributed by atoms with E-state index in [4.69, 9.17) is 6.57 Å². The van der Waals surface area contributed by atoms with Gasteiger partial charge in [-0.25, -0.2) is 9.69 Å². The SMILES string of the molecule is [C-]#[N+]c1cccc(C(F)(F)F)c1-c1ccc(-n2c3cc(-c4ccc(C)cc4)ccc3c3ccc(-c4ccc(C)cc4)cc32)c([N+]#[C-])c1-n1c2cc(-c3ccc(C)cc3)ccc2c2ccc(-c3ccc(C)cc3)cc21. The summed E-state index contributed by atoms with van der Waals surface area (Å²) in [4.78, 5) is 8.20. The average molecular weight is 963 g/mol. The minimum absolute atomic E-state index is 0.111. The molecule has 0 radical (unpaired) electrons. The zero-order valence-electron chi connectivity index (χ0n) is 41.0. The van der Waals surface area contributed by atoms with Crippen LogP contribution in [0.4, 0.5) is 24.5 Å². The molecule has 354 valence electrons. The quantitative estimate of drug-likeness (QED) is 0.142. The lowest BCUT2D eigenvalue weighted by atomic mass is 9.94. The monoisotopic (exact) mass is 962 g/mol. The van der Waals surface area contributed by atoms with Gasteiger partial charge in [0.05, 0.1) is 52.1 Å². The van der Waals surface area contributed by atoms with Crippen LogP contribution < -0.4 is 0 Å². The van der Waals surface area contributed by atoms with E-state index >= 15 is 13.2 Å². The average Bonchev–Trinajstić information content (AvgIpc) is 3.93. The summed E-state index contributed by atoms with van der Waals surface area (Å²) < 4.78 is 51.0. The smallest absolute Gasteiger partial charge is 0.319 e. The topological polar surface area (TPSA) is 18.6 Å². The van der Waals surface area contributed by atoms with Crippen molar-refractivity contribution >= 4 is 55.0 Å². The van der Waals surface area contributed by atoms with E-state index in [1.807, 2.05) is 18.4 Å². The van der Waals surface area contributed by atoms with Gasteiger partial charge in [-0.2, -0.15) is 13.2 Å². The maximum absolute atomic E-state index is 15.6. The molecule has 0 atom stereocenters. The Morgan fingerprint density at radius 2 is 0.730 bits per heavy atom. The molecule has 4 nitrogen and oxygen atoms in total. The molecule has 0 N–H and O–H groups in total. The van der Waals surface area contributed by atoms with E-state index in [1.54, 1.807) is 12.1 Å². The molecule has 10 aromatic carbocycles. The number of aryl methyl sites for hydroxylation is 4. The van der Waals surface area contributed by atoms with Crippen molar-refractivity contribution in [3.63, 3.8) is 0 Å². The van der Waals surface area contributed by atoms with Crippen LogP contribution in [0.5, 0.6) is 0 Å². The molecular weight excluding hydrogens is 918 g/mol. The molecule has 0 spiro atoms. The van der Waals surface area contributed by atoms with Gasteiger partial charge < -0.3 is 9.13 Å². The number of rotatable bonds is 7. The highest BCUT2D eigenvalue weighted by molar-refractivity contribution is 6.15. The number of nitrogens with zero attached hydrogens (tertiary/aromatic N) is 4. The molecule has 0 saturated carbocycles. The molecule has 0 unspecified atom stereocenters. The molecule has 0 aliphatic rings. The second-order valence-electron chi connectivity index (χ2n) is 19.3. The maximum Gasteiger partial charge on any atom is 0.415 e. The van der Waals surface area contributed by atoms with Crippen molar-refractivity contribution in [2.24, 2.45) is 0 Å². The van der Waals surface area contributed by atoms with Gasteiger partial charge in [-0.3, -0.25) is 0 Å². The molecule has 12 rings (SSSR count). The molecule has 0 aliphatic heterocycles. The summed E-state index contributed by atoms with van der Waals surface area (Å²) in [7, 11) is 0. The fourth-order valence-corrected chi connectivity index (χ4v) is 10.7. The summed E-state index contributed by atoms with van der Waals surface area (Å²) in [6, 6.07) is 65.6. The Balaban J connectivity index is 1.26. The van der Waals surface area contributed by atoms with E-state index in [0.717, 1.165) is 105 Å². The first kappa shape index (κ1) is 45.7. The highest BCUT2D eigenvalue weighted by Gasteiger charge is 2.36. The predicted octanol–water partition coefficient (Wildman–Crippen LogP) is 19.6. The summed E-state index contributed by atoms with van der Waals surface area (Å²) in [6.07, 6.45) is -4.84. The van der Waals surface area contributed by atoms with Crippen molar-refractivity contribution in [1.29, 1.82) is 0 Å². The van der Waals surface area contributed by atoms with Crippen molar-refractivity contribution in [3.8, 4) is 67.0 Å². The fourth-order valence-electron chi connectivity index (χ4n) is 10.7. The molecular formula is C67H45F3N4. The fraction of sp³-hybridized carbons (Fsp3) is 0.0746. The van der Waals surface area contributed by atoms with Gasteiger partial charge in [-0.15, -0.1) is 0 Å². The van der Waals surface area contributed by atoms with Gasteiger partial charge in [-0.1, -0.05) is 192 Å². The Bertz CT molecular complexity index is 4110. The van der Waals surface area contributed by atoms with E-state index in [1.165, 1.54) is 12.1 Å². The third-order valence-corrected chi connectivity index (χ3v) is 14.5. The summed E-state index contributed by atoms with van der Waals surface area (Å²) in [6.45, 7) is 25.9. The summed E-state index contributed by atoms with van der Waals surface area (Å²) in [5.74, 6) is 0. The van der Waals surface area contributed by atoms with E-state index in [2.05, 4.69) is 198 Å². The third kappa shape index (κ3) is 7.69. The van der Waals surface area contributed by atoms with Crippen LogP contribution in [0.3, 0.4) is 0 Å².